The second-order valence-electron chi connectivity index (χ2n) is 6.12. The minimum atomic E-state index is -0.105. The number of benzene rings is 2. The summed E-state index contributed by atoms with van der Waals surface area (Å²) in [5.74, 6) is 0.266. The maximum absolute atomic E-state index is 12.5. The van der Waals surface area contributed by atoms with Gasteiger partial charge in [-0.15, -0.1) is 5.10 Å². The van der Waals surface area contributed by atoms with Crippen LogP contribution in [0.2, 0.25) is 0 Å². The Morgan fingerprint density at radius 3 is 2.50 bits per heavy atom. The molecule has 2 aromatic carbocycles. The zero-order chi connectivity index (χ0) is 18.1. The highest BCUT2D eigenvalue weighted by Gasteiger charge is 2.27. The first-order chi connectivity index (χ1) is 12.6. The quantitative estimate of drug-likeness (QED) is 0.721. The Kier molecular flexibility index (Phi) is 4.22. The van der Waals surface area contributed by atoms with E-state index in [1.165, 1.54) is 10.6 Å². The fourth-order valence-electron chi connectivity index (χ4n) is 2.90. The van der Waals surface area contributed by atoms with E-state index in [-0.39, 0.29) is 5.91 Å². The second-order valence-corrected chi connectivity index (χ2v) is 6.50. The van der Waals surface area contributed by atoms with Crippen molar-refractivity contribution in [2.24, 2.45) is 5.10 Å². The number of hydrogen-bond donors (Lipinski definition) is 1. The van der Waals surface area contributed by atoms with Gasteiger partial charge >= 0.3 is 0 Å². The molecule has 0 bridgehead atoms. The molecule has 0 aliphatic carbocycles. The highest BCUT2D eigenvalue weighted by atomic mass is 32.1. The molecule has 0 unspecified atom stereocenters. The Labute approximate surface area is 155 Å². The van der Waals surface area contributed by atoms with Crippen molar-refractivity contribution in [2.45, 2.75) is 19.8 Å². The van der Waals surface area contributed by atoms with Gasteiger partial charge in [-0.1, -0.05) is 48.0 Å². The van der Waals surface area contributed by atoms with Crippen molar-refractivity contribution in [3.8, 4) is 5.69 Å². The van der Waals surface area contributed by atoms with Gasteiger partial charge in [-0.25, -0.2) is 5.10 Å². The highest BCUT2D eigenvalue weighted by Crippen LogP contribution is 2.24. The van der Waals surface area contributed by atoms with Gasteiger partial charge in [-0.05, 0) is 36.8 Å². The number of nitrogens with one attached hydrogen (secondary N) is 1. The Morgan fingerprint density at radius 1 is 1.04 bits per heavy atom. The zero-order valence-electron chi connectivity index (χ0n) is 14.2. The average molecular weight is 363 g/mol. The van der Waals surface area contributed by atoms with Crippen molar-refractivity contribution in [1.82, 2.24) is 14.8 Å². The smallest absolute Gasteiger partial charge is 0.258 e. The van der Waals surface area contributed by atoms with E-state index in [0.29, 0.717) is 23.6 Å². The minimum absolute atomic E-state index is 0.105. The number of H-pyrrole nitrogens is 1. The third kappa shape index (κ3) is 2.97. The highest BCUT2D eigenvalue weighted by molar-refractivity contribution is 7.71. The van der Waals surface area contributed by atoms with Gasteiger partial charge in [-0.2, -0.15) is 10.1 Å². The Morgan fingerprint density at radius 2 is 1.77 bits per heavy atom. The van der Waals surface area contributed by atoms with Crippen molar-refractivity contribution in [1.29, 1.82) is 0 Å². The first kappa shape index (κ1) is 16.4. The average Bonchev–Trinajstić information content (AvgIpc) is 3.05. The van der Waals surface area contributed by atoms with Crippen LogP contribution in [0.3, 0.4) is 0 Å². The molecule has 0 spiro atoms. The molecule has 4 rings (SSSR count). The number of aromatic amines is 1. The molecule has 0 saturated heterocycles. The predicted molar refractivity (Wildman–Crippen MR) is 103 cm³/mol. The summed E-state index contributed by atoms with van der Waals surface area (Å²) in [6, 6.07) is 17.7. The first-order valence-corrected chi connectivity index (χ1v) is 8.74. The molecule has 1 amide bonds. The third-order valence-corrected chi connectivity index (χ3v) is 4.55. The lowest BCUT2D eigenvalue weighted by atomic mass is 10.0. The van der Waals surface area contributed by atoms with Crippen molar-refractivity contribution < 1.29 is 4.79 Å². The zero-order valence-corrected chi connectivity index (χ0v) is 15.0. The molecular weight excluding hydrogens is 346 g/mol. The number of nitrogens with zero attached hydrogens (tertiary/aromatic N) is 4. The number of amides is 1. The number of hydrazone groups is 1. The molecule has 2 heterocycles. The molecule has 1 aromatic heterocycles. The lowest BCUT2D eigenvalue weighted by Gasteiger charge is -2.23. The number of anilines is 1. The topological polar surface area (TPSA) is 66.3 Å². The monoisotopic (exact) mass is 363 g/mol. The van der Waals surface area contributed by atoms with Crippen LogP contribution < -0.4 is 5.01 Å². The summed E-state index contributed by atoms with van der Waals surface area (Å²) < 4.78 is 2.13. The molecule has 7 heteroatoms. The molecule has 130 valence electrons. The Hall–Kier alpha value is -3.06. The maximum atomic E-state index is 12.5. The minimum Gasteiger partial charge on any atom is -0.272 e. The molecule has 1 N–H and O–H groups in total. The fourth-order valence-corrected chi connectivity index (χ4v) is 3.14. The van der Waals surface area contributed by atoms with Crippen LogP contribution in [0.5, 0.6) is 0 Å². The van der Waals surface area contributed by atoms with Gasteiger partial charge in [-0.3, -0.25) is 9.36 Å². The van der Waals surface area contributed by atoms with Crippen LogP contribution in [0, 0.1) is 11.7 Å². The standard InChI is InChI=1S/C19H17N5OS/c1-13-7-9-14(10-8-13)16-11-12-17(25)24(22-16)18-20-21-19(26)23(18)15-5-3-2-4-6-15/h2-10H,11-12H2,1H3,(H,21,26). The van der Waals surface area contributed by atoms with Gasteiger partial charge in [0.25, 0.3) is 11.9 Å². The molecular formula is C19H17N5OS. The van der Waals surface area contributed by atoms with E-state index < -0.39 is 0 Å². The molecule has 26 heavy (non-hydrogen) atoms. The van der Waals surface area contributed by atoms with Gasteiger partial charge in [0.05, 0.1) is 11.4 Å². The van der Waals surface area contributed by atoms with E-state index >= 15 is 0 Å². The van der Waals surface area contributed by atoms with Crippen LogP contribution in [0.4, 0.5) is 5.95 Å². The van der Waals surface area contributed by atoms with Crippen LogP contribution >= 0.6 is 12.2 Å². The summed E-state index contributed by atoms with van der Waals surface area (Å²) in [6.45, 7) is 2.04. The molecule has 0 saturated carbocycles. The van der Waals surface area contributed by atoms with Crippen molar-refractivity contribution >= 4 is 29.8 Å². The SMILES string of the molecule is Cc1ccc(C2=NN(c3n[nH]c(=S)n3-c3ccccc3)C(=O)CC2)cc1. The Bertz CT molecular complexity index is 1030. The van der Waals surface area contributed by atoms with Gasteiger partial charge in [0.15, 0.2) is 0 Å². The number of aryl methyl sites for hydroxylation is 1. The molecule has 1 aliphatic heterocycles. The summed E-state index contributed by atoms with van der Waals surface area (Å²) in [7, 11) is 0. The second kappa shape index (κ2) is 6.68. The number of para-hydroxylation sites is 1. The van der Waals surface area contributed by atoms with Gasteiger partial charge in [0.1, 0.15) is 0 Å². The number of rotatable bonds is 3. The van der Waals surface area contributed by atoms with Gasteiger partial charge in [0.2, 0.25) is 4.77 Å². The van der Waals surface area contributed by atoms with Crippen LogP contribution in [0.1, 0.15) is 24.0 Å². The largest absolute Gasteiger partial charge is 0.272 e. The Balaban J connectivity index is 1.80. The van der Waals surface area contributed by atoms with Crippen LogP contribution in [-0.2, 0) is 4.79 Å². The van der Waals surface area contributed by atoms with E-state index in [2.05, 4.69) is 15.3 Å². The number of hydrogen-bond acceptors (Lipinski definition) is 4. The van der Waals surface area contributed by atoms with E-state index in [1.807, 2.05) is 61.5 Å². The molecule has 0 radical (unpaired) electrons. The van der Waals surface area contributed by atoms with Crippen molar-refractivity contribution in [3.63, 3.8) is 0 Å². The molecule has 0 fully saturated rings. The number of carbonyl (C=O) groups is 1. The fraction of sp³-hybridized carbons (Fsp3) is 0.158. The first-order valence-electron chi connectivity index (χ1n) is 8.34. The van der Waals surface area contributed by atoms with E-state index in [0.717, 1.165) is 17.0 Å². The summed E-state index contributed by atoms with van der Waals surface area (Å²) in [5, 5.41) is 12.9. The molecule has 0 atom stereocenters. The summed E-state index contributed by atoms with van der Waals surface area (Å²) in [4.78, 5) is 12.5. The van der Waals surface area contributed by atoms with Crippen LogP contribution in [-0.4, -0.2) is 26.4 Å². The molecule has 1 aliphatic rings. The van der Waals surface area contributed by atoms with E-state index in [4.69, 9.17) is 12.2 Å². The lowest BCUT2D eigenvalue weighted by Crippen LogP contribution is -2.33. The van der Waals surface area contributed by atoms with Gasteiger partial charge in [0, 0.05) is 12.8 Å². The summed E-state index contributed by atoms with van der Waals surface area (Å²) >= 11 is 5.36. The molecule has 3 aromatic rings. The van der Waals surface area contributed by atoms with E-state index in [1.54, 1.807) is 4.57 Å². The maximum Gasteiger partial charge on any atom is 0.258 e. The molecule has 6 nitrogen and oxygen atoms in total. The van der Waals surface area contributed by atoms with Crippen LogP contribution in [0.15, 0.2) is 59.7 Å². The summed E-state index contributed by atoms with van der Waals surface area (Å²) in [6.07, 6.45) is 0.982. The lowest BCUT2D eigenvalue weighted by molar-refractivity contribution is -0.118. The number of aromatic nitrogens is 3. The normalized spacial score (nSPS) is 14.4. The van der Waals surface area contributed by atoms with E-state index in [9.17, 15) is 4.79 Å². The van der Waals surface area contributed by atoms with Gasteiger partial charge < -0.3 is 0 Å². The number of carbonyl (C=O) groups excluding carboxylic acids is 1. The summed E-state index contributed by atoms with van der Waals surface area (Å²) in [5.41, 5.74) is 3.88. The predicted octanol–water partition coefficient (Wildman–Crippen LogP) is 3.77. The van der Waals surface area contributed by atoms with Crippen LogP contribution in [0.25, 0.3) is 5.69 Å². The van der Waals surface area contributed by atoms with Crippen molar-refractivity contribution in [3.05, 3.63) is 70.5 Å². The van der Waals surface area contributed by atoms with Crippen molar-refractivity contribution in [2.75, 3.05) is 5.01 Å². The third-order valence-electron chi connectivity index (χ3n) is 4.28.